The zero-order valence-corrected chi connectivity index (χ0v) is 13.8. The number of nitriles is 1. The first-order chi connectivity index (χ1) is 11.6. The highest BCUT2D eigenvalue weighted by Crippen LogP contribution is 2.32. The van der Waals surface area contributed by atoms with Crippen molar-refractivity contribution in [2.75, 3.05) is 32.7 Å². The van der Waals surface area contributed by atoms with Gasteiger partial charge in [0.15, 0.2) is 0 Å². The summed E-state index contributed by atoms with van der Waals surface area (Å²) < 4.78 is 0. The summed E-state index contributed by atoms with van der Waals surface area (Å²) in [5.74, 6) is -0.812. The Morgan fingerprint density at radius 3 is 2.71 bits per heavy atom. The fourth-order valence-corrected chi connectivity index (χ4v) is 3.57. The number of nitrogens with zero attached hydrogens (tertiary/aromatic N) is 3. The van der Waals surface area contributed by atoms with Crippen LogP contribution in [0.1, 0.15) is 23.7 Å². The zero-order valence-electron chi connectivity index (χ0n) is 13.8. The Balaban J connectivity index is 1.85. The van der Waals surface area contributed by atoms with E-state index in [2.05, 4.69) is 16.0 Å². The maximum Gasteiger partial charge on any atom is 0.325 e. The van der Waals surface area contributed by atoms with Crippen molar-refractivity contribution in [2.45, 2.75) is 19.4 Å². The van der Waals surface area contributed by atoms with E-state index in [1.165, 1.54) is 0 Å². The quantitative estimate of drug-likeness (QED) is 0.879. The van der Waals surface area contributed by atoms with Crippen LogP contribution in [0.5, 0.6) is 0 Å². The number of hydrogen-bond acceptors (Lipinski definition) is 4. The molecule has 0 aliphatic carbocycles. The van der Waals surface area contributed by atoms with Crippen molar-refractivity contribution in [1.82, 2.24) is 14.8 Å². The van der Waals surface area contributed by atoms with Crippen molar-refractivity contribution in [1.29, 1.82) is 5.26 Å². The molecule has 24 heavy (non-hydrogen) atoms. The molecule has 2 aromatic rings. The molecule has 6 heteroatoms. The van der Waals surface area contributed by atoms with E-state index in [-0.39, 0.29) is 0 Å². The van der Waals surface area contributed by atoms with Crippen molar-refractivity contribution in [3.63, 3.8) is 0 Å². The van der Waals surface area contributed by atoms with Crippen LogP contribution in [-0.2, 0) is 4.79 Å². The summed E-state index contributed by atoms with van der Waals surface area (Å²) in [6.07, 6.45) is 0.518. The molecule has 0 radical (unpaired) electrons. The summed E-state index contributed by atoms with van der Waals surface area (Å²) in [4.78, 5) is 19.6. The lowest BCUT2D eigenvalue weighted by Crippen LogP contribution is -2.49. The number of rotatable bonds is 5. The van der Waals surface area contributed by atoms with E-state index in [1.54, 1.807) is 0 Å². The number of nitrogens with one attached hydrogen (secondary N) is 1. The summed E-state index contributed by atoms with van der Waals surface area (Å²) in [7, 11) is 0. The fourth-order valence-electron chi connectivity index (χ4n) is 3.57. The molecule has 0 saturated carbocycles. The number of piperazine rings is 1. The molecule has 1 aliphatic heterocycles. The maximum atomic E-state index is 12.0. The molecule has 6 nitrogen and oxygen atoms in total. The molecule has 1 aromatic carbocycles. The molecule has 3 rings (SSSR count). The average molecular weight is 326 g/mol. The predicted molar refractivity (Wildman–Crippen MR) is 91.7 cm³/mol. The Bertz CT molecular complexity index is 769. The van der Waals surface area contributed by atoms with E-state index in [1.807, 2.05) is 36.1 Å². The van der Waals surface area contributed by atoms with Crippen molar-refractivity contribution >= 4 is 16.9 Å². The Morgan fingerprint density at radius 2 is 2.04 bits per heavy atom. The monoisotopic (exact) mass is 326 g/mol. The number of aromatic nitrogens is 1. The minimum Gasteiger partial charge on any atom is -0.480 e. The summed E-state index contributed by atoms with van der Waals surface area (Å²) in [5.41, 5.74) is 2.75. The predicted octanol–water partition coefficient (Wildman–Crippen LogP) is 2.13. The van der Waals surface area contributed by atoms with Crippen LogP contribution in [-0.4, -0.2) is 58.6 Å². The van der Waals surface area contributed by atoms with E-state index in [0.717, 1.165) is 41.8 Å². The number of aromatic amines is 1. The average Bonchev–Trinajstić information content (AvgIpc) is 2.90. The van der Waals surface area contributed by atoms with Gasteiger partial charge in [0.05, 0.1) is 6.07 Å². The van der Waals surface area contributed by atoms with Crippen LogP contribution in [0, 0.1) is 18.3 Å². The molecule has 1 saturated heterocycles. The lowest BCUT2D eigenvalue weighted by molar-refractivity contribution is -0.144. The lowest BCUT2D eigenvalue weighted by Gasteiger charge is -2.37. The molecule has 0 unspecified atom stereocenters. The molecular weight excluding hydrogens is 304 g/mol. The van der Waals surface area contributed by atoms with Gasteiger partial charge in [0.2, 0.25) is 0 Å². The number of aryl methyl sites for hydroxylation is 1. The molecule has 126 valence electrons. The molecule has 2 heterocycles. The van der Waals surface area contributed by atoms with Gasteiger partial charge in [0.1, 0.15) is 6.04 Å². The molecule has 1 atom stereocenters. The molecule has 1 aliphatic rings. The lowest BCUT2D eigenvalue weighted by atomic mass is 10.0. The fraction of sp³-hybridized carbons (Fsp3) is 0.444. The van der Waals surface area contributed by atoms with Gasteiger partial charge in [-0.1, -0.05) is 18.2 Å². The van der Waals surface area contributed by atoms with Gasteiger partial charge in [-0.05, 0) is 13.0 Å². The maximum absolute atomic E-state index is 12.0. The van der Waals surface area contributed by atoms with Crippen LogP contribution in [0.15, 0.2) is 24.3 Å². The van der Waals surface area contributed by atoms with Gasteiger partial charge in [-0.25, -0.2) is 0 Å². The van der Waals surface area contributed by atoms with E-state index >= 15 is 0 Å². The van der Waals surface area contributed by atoms with Gasteiger partial charge in [-0.15, -0.1) is 0 Å². The molecule has 0 bridgehead atoms. The van der Waals surface area contributed by atoms with Crippen molar-refractivity contribution in [3.05, 3.63) is 35.5 Å². The van der Waals surface area contributed by atoms with Crippen LogP contribution in [0.2, 0.25) is 0 Å². The molecular formula is C18H22N4O2. The van der Waals surface area contributed by atoms with E-state index < -0.39 is 12.0 Å². The number of benzene rings is 1. The Hall–Kier alpha value is -2.36. The van der Waals surface area contributed by atoms with Gasteiger partial charge in [0, 0.05) is 61.3 Å². The van der Waals surface area contributed by atoms with Crippen molar-refractivity contribution in [2.24, 2.45) is 0 Å². The number of carboxylic acid groups (broad SMARTS) is 1. The largest absolute Gasteiger partial charge is 0.480 e. The van der Waals surface area contributed by atoms with Crippen LogP contribution in [0.4, 0.5) is 0 Å². The van der Waals surface area contributed by atoms with E-state index in [0.29, 0.717) is 19.5 Å². The second kappa shape index (κ2) is 7.04. The standard InChI is InChI=1S/C18H22N4O2/c1-13-16(14-5-2-3-6-15(14)20-13)17(18(23)24)22-11-9-21(10-12-22)8-4-7-19/h2-3,5-6,17,20H,4,8-12H2,1H3,(H,23,24)/t17-/m0/s1. The first-order valence-corrected chi connectivity index (χ1v) is 8.25. The van der Waals surface area contributed by atoms with Gasteiger partial charge >= 0.3 is 5.97 Å². The van der Waals surface area contributed by atoms with Crippen molar-refractivity contribution < 1.29 is 9.90 Å². The van der Waals surface area contributed by atoms with Gasteiger partial charge < -0.3 is 10.1 Å². The first kappa shape index (κ1) is 16.5. The third-order valence-corrected chi connectivity index (χ3v) is 4.76. The van der Waals surface area contributed by atoms with Crippen LogP contribution in [0.25, 0.3) is 10.9 Å². The summed E-state index contributed by atoms with van der Waals surface area (Å²) in [6, 6.07) is 9.37. The Morgan fingerprint density at radius 1 is 1.33 bits per heavy atom. The second-order valence-corrected chi connectivity index (χ2v) is 6.24. The van der Waals surface area contributed by atoms with Gasteiger partial charge in [-0.3, -0.25) is 14.6 Å². The minimum atomic E-state index is -0.812. The van der Waals surface area contributed by atoms with Crippen molar-refractivity contribution in [3.8, 4) is 6.07 Å². The summed E-state index contributed by atoms with van der Waals surface area (Å²) in [5, 5.41) is 19.6. The SMILES string of the molecule is Cc1[nH]c2ccccc2c1[C@@H](C(=O)O)N1CCN(CCC#N)CC1. The summed E-state index contributed by atoms with van der Waals surface area (Å²) in [6.45, 7) is 5.69. The highest BCUT2D eigenvalue weighted by Gasteiger charge is 2.33. The normalized spacial score (nSPS) is 17.7. The molecule has 1 fully saturated rings. The Kier molecular flexibility index (Phi) is 4.84. The molecule has 0 spiro atoms. The number of aliphatic carboxylic acids is 1. The zero-order chi connectivity index (χ0) is 17.1. The van der Waals surface area contributed by atoms with Gasteiger partial charge in [0.25, 0.3) is 0 Å². The van der Waals surface area contributed by atoms with Gasteiger partial charge in [-0.2, -0.15) is 5.26 Å². The Labute approximate surface area is 141 Å². The second-order valence-electron chi connectivity index (χ2n) is 6.24. The first-order valence-electron chi connectivity index (χ1n) is 8.25. The number of para-hydroxylation sites is 1. The van der Waals surface area contributed by atoms with E-state index in [4.69, 9.17) is 5.26 Å². The molecule has 2 N–H and O–H groups in total. The number of H-pyrrole nitrogens is 1. The third kappa shape index (κ3) is 3.14. The highest BCUT2D eigenvalue weighted by molar-refractivity contribution is 5.90. The molecule has 0 amide bonds. The number of carboxylic acids is 1. The van der Waals surface area contributed by atoms with Crippen LogP contribution in [0.3, 0.4) is 0 Å². The number of hydrogen-bond donors (Lipinski definition) is 2. The molecule has 1 aromatic heterocycles. The minimum absolute atomic E-state index is 0.518. The topological polar surface area (TPSA) is 83.4 Å². The smallest absolute Gasteiger partial charge is 0.325 e. The number of fused-ring (bicyclic) bond motifs is 1. The third-order valence-electron chi connectivity index (χ3n) is 4.76. The van der Waals surface area contributed by atoms with Crippen LogP contribution >= 0.6 is 0 Å². The number of carbonyl (C=O) groups is 1. The highest BCUT2D eigenvalue weighted by atomic mass is 16.4. The van der Waals surface area contributed by atoms with Crippen LogP contribution < -0.4 is 0 Å². The summed E-state index contributed by atoms with van der Waals surface area (Å²) >= 11 is 0. The van der Waals surface area contributed by atoms with E-state index in [9.17, 15) is 9.90 Å².